The number of pyridine rings is 1. The van der Waals surface area contributed by atoms with Crippen molar-refractivity contribution in [3.05, 3.63) is 101 Å². The summed E-state index contributed by atoms with van der Waals surface area (Å²) >= 11 is 0. The predicted octanol–water partition coefficient (Wildman–Crippen LogP) is 4.50. The van der Waals surface area contributed by atoms with Crippen LogP contribution in [0.3, 0.4) is 0 Å². The SMILES string of the molecule is C=CC=CC(=C)CC1CCN(Cc2ccn(Cc3ccccc3)c(=O)c2O)CC1. The third kappa shape index (κ3) is 5.81. The van der Waals surface area contributed by atoms with E-state index in [1.165, 1.54) is 0 Å². The lowest BCUT2D eigenvalue weighted by Gasteiger charge is -2.32. The topological polar surface area (TPSA) is 45.5 Å². The number of piperidine rings is 1. The molecule has 2 aromatic rings. The lowest BCUT2D eigenvalue weighted by Crippen LogP contribution is -2.34. The zero-order valence-corrected chi connectivity index (χ0v) is 17.0. The van der Waals surface area contributed by atoms with Crippen molar-refractivity contribution in [1.29, 1.82) is 0 Å². The summed E-state index contributed by atoms with van der Waals surface area (Å²) in [5.74, 6) is 0.509. The van der Waals surface area contributed by atoms with Crippen molar-refractivity contribution < 1.29 is 5.11 Å². The summed E-state index contributed by atoms with van der Waals surface area (Å²) < 4.78 is 1.56. The van der Waals surface area contributed by atoms with Crippen LogP contribution in [0, 0.1) is 5.92 Å². The van der Waals surface area contributed by atoms with Crippen LogP contribution in [0.1, 0.15) is 30.4 Å². The fraction of sp³-hybridized carbons (Fsp3) is 0.320. The molecule has 1 aromatic heterocycles. The number of likely N-dealkylation sites (tertiary alicyclic amines) is 1. The van der Waals surface area contributed by atoms with Crippen molar-refractivity contribution in [2.45, 2.75) is 32.4 Å². The Balaban J connectivity index is 1.57. The smallest absolute Gasteiger partial charge is 0.293 e. The normalized spacial score (nSPS) is 15.6. The maximum Gasteiger partial charge on any atom is 0.293 e. The fourth-order valence-corrected chi connectivity index (χ4v) is 3.86. The summed E-state index contributed by atoms with van der Waals surface area (Å²) in [6.07, 6.45) is 10.7. The maximum atomic E-state index is 12.6. The number of hydrogen-bond acceptors (Lipinski definition) is 3. The molecule has 4 heteroatoms. The van der Waals surface area contributed by atoms with Gasteiger partial charge in [0, 0.05) is 18.3 Å². The first-order valence-corrected chi connectivity index (χ1v) is 10.2. The number of allylic oxidation sites excluding steroid dienone is 4. The minimum absolute atomic E-state index is 0.131. The van der Waals surface area contributed by atoms with Crippen LogP contribution < -0.4 is 5.56 Å². The highest BCUT2D eigenvalue weighted by atomic mass is 16.3. The average Bonchev–Trinajstić information content (AvgIpc) is 2.74. The molecule has 1 aromatic carbocycles. The molecule has 0 saturated carbocycles. The number of aromatic nitrogens is 1. The second-order valence-corrected chi connectivity index (χ2v) is 7.78. The largest absolute Gasteiger partial charge is 0.503 e. The minimum Gasteiger partial charge on any atom is -0.503 e. The molecule has 3 rings (SSSR count). The second kappa shape index (κ2) is 10.1. The molecule has 0 unspecified atom stereocenters. The van der Waals surface area contributed by atoms with Crippen LogP contribution >= 0.6 is 0 Å². The van der Waals surface area contributed by atoms with Gasteiger partial charge < -0.3 is 9.67 Å². The van der Waals surface area contributed by atoms with Crippen LogP contribution in [0.2, 0.25) is 0 Å². The molecular formula is C25H30N2O2. The van der Waals surface area contributed by atoms with E-state index in [1.807, 2.05) is 48.6 Å². The van der Waals surface area contributed by atoms with Gasteiger partial charge in [0.05, 0.1) is 6.54 Å². The Bertz CT molecular complexity index is 920. The standard InChI is InChI=1S/C25H30N2O2/c1-3-4-8-20(2)17-21-11-14-26(15-12-21)19-23-13-16-27(25(29)24(23)28)18-22-9-6-5-7-10-22/h3-10,13,16,21,28H,1-2,11-12,14-15,17-19H2. The first-order chi connectivity index (χ1) is 14.1. The van der Waals surface area contributed by atoms with Gasteiger partial charge in [-0.1, -0.05) is 67.3 Å². The van der Waals surface area contributed by atoms with Gasteiger partial charge in [0.1, 0.15) is 0 Å². The fourth-order valence-electron chi connectivity index (χ4n) is 3.86. The summed E-state index contributed by atoms with van der Waals surface area (Å²) in [6.45, 7) is 10.8. The lowest BCUT2D eigenvalue weighted by atomic mass is 9.90. The highest BCUT2D eigenvalue weighted by Crippen LogP contribution is 2.26. The van der Waals surface area contributed by atoms with Crippen LogP contribution in [0.5, 0.6) is 5.75 Å². The Labute approximate surface area is 173 Å². The van der Waals surface area contributed by atoms with Crippen molar-refractivity contribution in [3.63, 3.8) is 0 Å². The van der Waals surface area contributed by atoms with E-state index in [4.69, 9.17) is 0 Å². The molecule has 0 amide bonds. The van der Waals surface area contributed by atoms with Gasteiger partial charge in [0.15, 0.2) is 5.75 Å². The molecule has 0 spiro atoms. The number of aromatic hydroxyl groups is 1. The summed E-state index contributed by atoms with van der Waals surface area (Å²) in [5.41, 5.74) is 2.55. The first kappa shape index (κ1) is 20.9. The highest BCUT2D eigenvalue weighted by molar-refractivity contribution is 5.30. The number of benzene rings is 1. The van der Waals surface area contributed by atoms with E-state index >= 15 is 0 Å². The molecular weight excluding hydrogens is 360 g/mol. The molecule has 0 bridgehead atoms. The molecule has 0 aliphatic carbocycles. The zero-order valence-electron chi connectivity index (χ0n) is 17.0. The van der Waals surface area contributed by atoms with E-state index < -0.39 is 0 Å². The summed E-state index contributed by atoms with van der Waals surface area (Å²) in [4.78, 5) is 14.9. The van der Waals surface area contributed by atoms with Gasteiger partial charge in [-0.25, -0.2) is 0 Å². The molecule has 1 saturated heterocycles. The van der Waals surface area contributed by atoms with Gasteiger partial charge in [-0.05, 0) is 49.9 Å². The quantitative estimate of drug-likeness (QED) is 0.675. The van der Waals surface area contributed by atoms with Crippen LogP contribution in [0.15, 0.2) is 84.3 Å². The monoisotopic (exact) mass is 390 g/mol. The molecule has 0 atom stereocenters. The molecule has 1 N–H and O–H groups in total. The summed E-state index contributed by atoms with van der Waals surface area (Å²) in [6, 6.07) is 11.7. The maximum absolute atomic E-state index is 12.6. The van der Waals surface area contributed by atoms with Gasteiger partial charge in [0.25, 0.3) is 5.56 Å². The Morgan fingerprint density at radius 3 is 2.55 bits per heavy atom. The van der Waals surface area contributed by atoms with Gasteiger partial charge in [-0.15, -0.1) is 0 Å². The number of hydrogen-bond donors (Lipinski definition) is 1. The van der Waals surface area contributed by atoms with E-state index in [9.17, 15) is 9.90 Å². The third-order valence-corrected chi connectivity index (χ3v) is 5.54. The van der Waals surface area contributed by atoms with E-state index in [-0.39, 0.29) is 11.3 Å². The minimum atomic E-state index is -0.327. The van der Waals surface area contributed by atoms with Crippen molar-refractivity contribution >= 4 is 0 Å². The average molecular weight is 391 g/mol. The molecule has 4 nitrogen and oxygen atoms in total. The Hall–Kier alpha value is -2.85. The van der Waals surface area contributed by atoms with Gasteiger partial charge >= 0.3 is 0 Å². The van der Waals surface area contributed by atoms with Gasteiger partial charge in [0.2, 0.25) is 0 Å². The lowest BCUT2D eigenvalue weighted by molar-refractivity contribution is 0.175. The van der Waals surface area contributed by atoms with E-state index in [1.54, 1.807) is 16.8 Å². The molecule has 29 heavy (non-hydrogen) atoms. The van der Waals surface area contributed by atoms with Gasteiger partial charge in [-0.2, -0.15) is 0 Å². The molecule has 152 valence electrons. The molecule has 1 aliphatic heterocycles. The zero-order chi connectivity index (χ0) is 20.6. The molecule has 2 heterocycles. The highest BCUT2D eigenvalue weighted by Gasteiger charge is 2.21. The van der Waals surface area contributed by atoms with Crippen LogP contribution in [0.25, 0.3) is 0 Å². The number of rotatable bonds is 8. The predicted molar refractivity (Wildman–Crippen MR) is 119 cm³/mol. The van der Waals surface area contributed by atoms with Crippen molar-refractivity contribution in [2.24, 2.45) is 5.92 Å². The third-order valence-electron chi connectivity index (χ3n) is 5.54. The van der Waals surface area contributed by atoms with E-state index in [0.717, 1.165) is 43.5 Å². The summed E-state index contributed by atoms with van der Waals surface area (Å²) in [7, 11) is 0. The van der Waals surface area contributed by atoms with Crippen LogP contribution in [0.4, 0.5) is 0 Å². The first-order valence-electron chi connectivity index (χ1n) is 10.2. The Kier molecular flexibility index (Phi) is 7.25. The summed E-state index contributed by atoms with van der Waals surface area (Å²) in [5, 5.41) is 10.5. The Morgan fingerprint density at radius 2 is 1.86 bits per heavy atom. The molecule has 1 aliphatic rings. The second-order valence-electron chi connectivity index (χ2n) is 7.78. The van der Waals surface area contributed by atoms with Crippen molar-refractivity contribution in [3.8, 4) is 5.75 Å². The molecule has 0 radical (unpaired) electrons. The van der Waals surface area contributed by atoms with E-state index in [2.05, 4.69) is 18.1 Å². The number of nitrogens with zero attached hydrogens (tertiary/aromatic N) is 2. The molecule has 1 fully saturated rings. The van der Waals surface area contributed by atoms with Gasteiger partial charge in [-0.3, -0.25) is 9.69 Å². The van der Waals surface area contributed by atoms with E-state index in [0.29, 0.717) is 24.6 Å². The van der Waals surface area contributed by atoms with Crippen molar-refractivity contribution in [2.75, 3.05) is 13.1 Å². The Morgan fingerprint density at radius 1 is 1.14 bits per heavy atom. The van der Waals surface area contributed by atoms with Crippen molar-refractivity contribution in [1.82, 2.24) is 9.47 Å². The van der Waals surface area contributed by atoms with Crippen LogP contribution in [-0.2, 0) is 13.1 Å². The van der Waals surface area contributed by atoms with Crippen LogP contribution in [-0.4, -0.2) is 27.7 Å².